The molecule has 3 N–H and O–H groups in total. The second-order valence-corrected chi connectivity index (χ2v) is 5.26. The fourth-order valence-electron chi connectivity index (χ4n) is 2.84. The molecular weight excluding hydrogens is 259 g/mol. The molecule has 2 atom stereocenters. The number of hydrogen-bond donors (Lipinski definition) is 2. The van der Waals surface area contributed by atoms with Gasteiger partial charge in [-0.3, -0.25) is 9.69 Å². The van der Waals surface area contributed by atoms with Crippen molar-refractivity contribution in [3.8, 4) is 0 Å². The first-order valence-corrected chi connectivity index (χ1v) is 6.52. The Bertz CT molecular complexity index is 318. The summed E-state index contributed by atoms with van der Waals surface area (Å²) in [5, 5.41) is 3.06. The van der Waals surface area contributed by atoms with Gasteiger partial charge in [0.15, 0.2) is 0 Å². The maximum Gasteiger partial charge on any atom is 0.401 e. The lowest BCUT2D eigenvalue weighted by Crippen LogP contribution is -2.60. The summed E-state index contributed by atoms with van der Waals surface area (Å²) < 4.78 is 37.2. The zero-order chi connectivity index (χ0) is 14.7. The van der Waals surface area contributed by atoms with Crippen molar-refractivity contribution >= 4 is 5.91 Å². The largest absolute Gasteiger partial charge is 0.401 e. The topological polar surface area (TPSA) is 58.4 Å². The van der Waals surface area contributed by atoms with Crippen LogP contribution in [0.5, 0.6) is 0 Å². The molecule has 0 spiro atoms. The predicted molar refractivity (Wildman–Crippen MR) is 66.5 cm³/mol. The van der Waals surface area contributed by atoms with E-state index in [2.05, 4.69) is 5.32 Å². The summed E-state index contributed by atoms with van der Waals surface area (Å²) >= 11 is 0. The van der Waals surface area contributed by atoms with Gasteiger partial charge in [0, 0.05) is 6.04 Å². The highest BCUT2D eigenvalue weighted by molar-refractivity contribution is 5.84. The van der Waals surface area contributed by atoms with Gasteiger partial charge in [-0.25, -0.2) is 0 Å². The Morgan fingerprint density at radius 3 is 2.63 bits per heavy atom. The highest BCUT2D eigenvalue weighted by atomic mass is 19.4. The standard InChI is InChI=1S/C12H22F3N3O/c1-3-17-11(10(16)19)6-4-5-9(7-11)18(2)8-12(13,14)15/h9,17H,3-8H2,1-2H3,(H2,16,19). The van der Waals surface area contributed by atoms with E-state index >= 15 is 0 Å². The van der Waals surface area contributed by atoms with Gasteiger partial charge in [0.1, 0.15) is 0 Å². The molecular formula is C12H22F3N3O. The van der Waals surface area contributed by atoms with Crippen LogP contribution in [0.3, 0.4) is 0 Å². The van der Waals surface area contributed by atoms with E-state index in [-0.39, 0.29) is 6.04 Å². The summed E-state index contributed by atoms with van der Waals surface area (Å²) in [6.07, 6.45) is -1.94. The second kappa shape index (κ2) is 6.09. The molecule has 1 saturated carbocycles. The number of primary amides is 1. The number of amides is 1. The van der Waals surface area contributed by atoms with Gasteiger partial charge in [-0.05, 0) is 39.3 Å². The number of rotatable bonds is 5. The molecule has 0 aromatic heterocycles. The monoisotopic (exact) mass is 281 g/mol. The van der Waals surface area contributed by atoms with Gasteiger partial charge in [0.05, 0.1) is 12.1 Å². The maximum absolute atomic E-state index is 12.4. The molecule has 1 aliphatic rings. The van der Waals surface area contributed by atoms with Gasteiger partial charge >= 0.3 is 6.18 Å². The Hall–Kier alpha value is -0.820. The molecule has 0 aliphatic heterocycles. The zero-order valence-corrected chi connectivity index (χ0v) is 11.4. The van der Waals surface area contributed by atoms with Gasteiger partial charge in [0.25, 0.3) is 0 Å². The normalized spacial score (nSPS) is 28.6. The molecule has 19 heavy (non-hydrogen) atoms. The summed E-state index contributed by atoms with van der Waals surface area (Å²) in [6, 6.07) is -0.276. The minimum atomic E-state index is -4.22. The molecule has 1 amide bonds. The first-order chi connectivity index (χ1) is 8.70. The number of alkyl halides is 3. The summed E-state index contributed by atoms with van der Waals surface area (Å²) in [7, 11) is 1.45. The smallest absolute Gasteiger partial charge is 0.368 e. The van der Waals surface area contributed by atoms with Gasteiger partial charge in [-0.2, -0.15) is 13.2 Å². The van der Waals surface area contributed by atoms with E-state index in [1.54, 1.807) is 0 Å². The van der Waals surface area contributed by atoms with Crippen molar-refractivity contribution in [3.05, 3.63) is 0 Å². The lowest BCUT2D eigenvalue weighted by molar-refractivity contribution is -0.150. The average molecular weight is 281 g/mol. The van der Waals surface area contributed by atoms with Crippen LogP contribution in [-0.2, 0) is 4.79 Å². The number of nitrogens with two attached hydrogens (primary N) is 1. The zero-order valence-electron chi connectivity index (χ0n) is 11.4. The molecule has 4 nitrogen and oxygen atoms in total. The molecule has 2 unspecified atom stereocenters. The van der Waals surface area contributed by atoms with Crippen molar-refractivity contribution in [3.63, 3.8) is 0 Å². The molecule has 0 heterocycles. The number of likely N-dealkylation sites (N-methyl/N-ethyl adjacent to an activating group) is 1. The van der Waals surface area contributed by atoms with Crippen LogP contribution in [-0.4, -0.2) is 48.7 Å². The van der Waals surface area contributed by atoms with E-state index in [1.165, 1.54) is 11.9 Å². The fourth-order valence-corrected chi connectivity index (χ4v) is 2.84. The van der Waals surface area contributed by atoms with E-state index in [1.807, 2.05) is 6.92 Å². The number of hydrogen-bond acceptors (Lipinski definition) is 3. The number of halogens is 3. The third-order valence-electron chi connectivity index (χ3n) is 3.76. The van der Waals surface area contributed by atoms with Gasteiger partial charge < -0.3 is 11.1 Å². The van der Waals surface area contributed by atoms with Crippen LogP contribution < -0.4 is 11.1 Å². The Balaban J connectivity index is 2.74. The van der Waals surface area contributed by atoms with Crippen molar-refractivity contribution in [1.82, 2.24) is 10.2 Å². The SMILES string of the molecule is CCNC1(C(N)=O)CCCC(N(C)CC(F)(F)F)C1. The first kappa shape index (κ1) is 16.2. The van der Waals surface area contributed by atoms with Crippen LogP contribution in [0.15, 0.2) is 0 Å². The van der Waals surface area contributed by atoms with Crippen LogP contribution in [0, 0.1) is 0 Å². The molecule has 0 aromatic carbocycles. The molecule has 0 aromatic rings. The summed E-state index contributed by atoms with van der Waals surface area (Å²) in [5.74, 6) is -0.473. The Kier molecular flexibility index (Phi) is 5.20. The number of nitrogens with zero attached hydrogens (tertiary/aromatic N) is 1. The van der Waals surface area contributed by atoms with Crippen molar-refractivity contribution in [2.75, 3.05) is 20.1 Å². The number of carbonyl (C=O) groups is 1. The third kappa shape index (κ3) is 4.35. The molecule has 112 valence electrons. The van der Waals surface area contributed by atoms with Crippen LogP contribution >= 0.6 is 0 Å². The fraction of sp³-hybridized carbons (Fsp3) is 0.917. The summed E-state index contributed by atoms with van der Waals surface area (Å²) in [5.41, 5.74) is 4.57. The third-order valence-corrected chi connectivity index (χ3v) is 3.76. The molecule has 0 saturated heterocycles. The molecule has 1 aliphatic carbocycles. The Labute approximate surface area is 111 Å². The predicted octanol–water partition coefficient (Wildman–Crippen LogP) is 1.26. The maximum atomic E-state index is 12.4. The number of carbonyl (C=O) groups excluding carboxylic acids is 1. The highest BCUT2D eigenvalue weighted by Crippen LogP contribution is 2.32. The van der Waals surface area contributed by atoms with Crippen LogP contribution in [0.2, 0.25) is 0 Å². The summed E-state index contributed by atoms with van der Waals surface area (Å²) in [4.78, 5) is 12.9. The lowest BCUT2D eigenvalue weighted by Gasteiger charge is -2.42. The minimum Gasteiger partial charge on any atom is -0.368 e. The Morgan fingerprint density at radius 1 is 1.53 bits per heavy atom. The molecule has 1 rings (SSSR count). The second-order valence-electron chi connectivity index (χ2n) is 5.26. The van der Waals surface area contributed by atoms with E-state index in [4.69, 9.17) is 5.73 Å². The van der Waals surface area contributed by atoms with Crippen LogP contribution in [0.4, 0.5) is 13.2 Å². The van der Waals surface area contributed by atoms with Crippen molar-refractivity contribution in [1.29, 1.82) is 0 Å². The van der Waals surface area contributed by atoms with Crippen molar-refractivity contribution < 1.29 is 18.0 Å². The van der Waals surface area contributed by atoms with E-state index in [0.29, 0.717) is 32.2 Å². The lowest BCUT2D eigenvalue weighted by atomic mass is 9.77. The molecule has 7 heteroatoms. The quantitative estimate of drug-likeness (QED) is 0.797. The molecule has 0 bridgehead atoms. The highest BCUT2D eigenvalue weighted by Gasteiger charge is 2.43. The molecule has 0 radical (unpaired) electrons. The van der Waals surface area contributed by atoms with Crippen LogP contribution in [0.25, 0.3) is 0 Å². The summed E-state index contributed by atoms with van der Waals surface area (Å²) in [6.45, 7) is 1.46. The number of nitrogens with one attached hydrogen (secondary N) is 1. The minimum absolute atomic E-state index is 0.276. The van der Waals surface area contributed by atoms with E-state index in [9.17, 15) is 18.0 Å². The average Bonchev–Trinajstić information content (AvgIpc) is 2.27. The van der Waals surface area contributed by atoms with Gasteiger partial charge in [-0.15, -0.1) is 0 Å². The van der Waals surface area contributed by atoms with E-state index < -0.39 is 24.2 Å². The Morgan fingerprint density at radius 2 is 2.16 bits per heavy atom. The van der Waals surface area contributed by atoms with Crippen molar-refractivity contribution in [2.45, 2.75) is 50.4 Å². The van der Waals surface area contributed by atoms with Crippen LogP contribution in [0.1, 0.15) is 32.6 Å². The van der Waals surface area contributed by atoms with E-state index in [0.717, 1.165) is 0 Å². The first-order valence-electron chi connectivity index (χ1n) is 6.52. The van der Waals surface area contributed by atoms with Gasteiger partial charge in [0.2, 0.25) is 5.91 Å². The van der Waals surface area contributed by atoms with Crippen molar-refractivity contribution in [2.24, 2.45) is 5.73 Å². The van der Waals surface area contributed by atoms with Gasteiger partial charge in [-0.1, -0.05) is 6.92 Å². The molecule has 1 fully saturated rings.